The maximum atomic E-state index is 13.4. The van der Waals surface area contributed by atoms with Crippen molar-refractivity contribution in [3.8, 4) is 0 Å². The van der Waals surface area contributed by atoms with E-state index in [4.69, 9.17) is 5.11 Å². The van der Waals surface area contributed by atoms with Crippen molar-refractivity contribution in [2.45, 2.75) is 4.90 Å². The number of halogens is 1. The van der Waals surface area contributed by atoms with Gasteiger partial charge in [-0.05, 0) is 36.4 Å². The van der Waals surface area contributed by atoms with Gasteiger partial charge in [0.1, 0.15) is 5.82 Å². The summed E-state index contributed by atoms with van der Waals surface area (Å²) in [5.41, 5.74) is 0.646. The van der Waals surface area contributed by atoms with E-state index in [-0.39, 0.29) is 23.0 Å². The quantitative estimate of drug-likeness (QED) is 0.832. The molecule has 0 radical (unpaired) electrons. The molecule has 2 aromatic rings. The number of nitrogens with one attached hydrogen (secondary N) is 1. The molecule has 0 aliphatic carbocycles. The predicted molar refractivity (Wildman–Crippen MR) is 79.2 cm³/mol. The number of carbonyl (C=O) groups is 2. The van der Waals surface area contributed by atoms with Crippen molar-refractivity contribution in [3.63, 3.8) is 0 Å². The molecule has 2 rings (SSSR count). The molecule has 108 valence electrons. The predicted octanol–water partition coefficient (Wildman–Crippen LogP) is 3.25. The molecular weight excluding hydrogens is 293 g/mol. The lowest BCUT2D eigenvalue weighted by Gasteiger charge is -2.06. The van der Waals surface area contributed by atoms with E-state index in [9.17, 15) is 14.0 Å². The SMILES string of the molecule is O=C(CSc1ccccc1F)Nc1ccc(C(=O)O)cc1. The van der Waals surface area contributed by atoms with Crippen LogP contribution in [-0.4, -0.2) is 22.7 Å². The van der Waals surface area contributed by atoms with Crippen LogP contribution in [-0.2, 0) is 4.79 Å². The summed E-state index contributed by atoms with van der Waals surface area (Å²) in [5, 5.41) is 11.4. The summed E-state index contributed by atoms with van der Waals surface area (Å²) in [6.45, 7) is 0. The van der Waals surface area contributed by atoms with Crippen LogP contribution in [0.2, 0.25) is 0 Å². The van der Waals surface area contributed by atoms with Crippen molar-refractivity contribution in [1.82, 2.24) is 0 Å². The maximum Gasteiger partial charge on any atom is 0.335 e. The van der Waals surface area contributed by atoms with Crippen LogP contribution in [0.4, 0.5) is 10.1 Å². The summed E-state index contributed by atoms with van der Waals surface area (Å²) in [7, 11) is 0. The van der Waals surface area contributed by atoms with Crippen LogP contribution in [0.25, 0.3) is 0 Å². The molecule has 0 saturated heterocycles. The second kappa shape index (κ2) is 6.90. The molecule has 21 heavy (non-hydrogen) atoms. The minimum absolute atomic E-state index is 0.0710. The minimum Gasteiger partial charge on any atom is -0.478 e. The fraction of sp³-hybridized carbons (Fsp3) is 0.0667. The van der Waals surface area contributed by atoms with Gasteiger partial charge >= 0.3 is 5.97 Å². The lowest BCUT2D eigenvalue weighted by atomic mass is 10.2. The molecule has 0 aromatic heterocycles. The number of thioether (sulfide) groups is 1. The van der Waals surface area contributed by atoms with E-state index >= 15 is 0 Å². The first-order valence-electron chi connectivity index (χ1n) is 6.07. The molecule has 0 bridgehead atoms. The number of rotatable bonds is 5. The fourth-order valence-electron chi connectivity index (χ4n) is 1.60. The van der Waals surface area contributed by atoms with Crippen LogP contribution < -0.4 is 5.32 Å². The Kier molecular flexibility index (Phi) is 4.94. The lowest BCUT2D eigenvalue weighted by Crippen LogP contribution is -2.14. The third-order valence-electron chi connectivity index (χ3n) is 2.61. The molecular formula is C15H12FNO3S. The topological polar surface area (TPSA) is 66.4 Å². The molecule has 0 heterocycles. The Bertz CT molecular complexity index is 658. The van der Waals surface area contributed by atoms with Gasteiger partial charge in [-0.1, -0.05) is 12.1 Å². The van der Waals surface area contributed by atoms with E-state index < -0.39 is 5.97 Å². The van der Waals surface area contributed by atoms with E-state index in [2.05, 4.69) is 5.32 Å². The Morgan fingerprint density at radius 3 is 2.38 bits per heavy atom. The van der Waals surface area contributed by atoms with Gasteiger partial charge in [0.2, 0.25) is 5.91 Å². The van der Waals surface area contributed by atoms with E-state index in [1.807, 2.05) is 0 Å². The molecule has 1 amide bonds. The molecule has 0 fully saturated rings. The fourth-order valence-corrected chi connectivity index (χ4v) is 2.34. The summed E-state index contributed by atoms with van der Waals surface area (Å²) in [5.74, 6) is -1.60. The number of hydrogen-bond acceptors (Lipinski definition) is 3. The smallest absolute Gasteiger partial charge is 0.335 e. The Labute approximate surface area is 125 Å². The number of hydrogen-bond donors (Lipinski definition) is 2. The summed E-state index contributed by atoms with van der Waals surface area (Å²) in [4.78, 5) is 22.9. The van der Waals surface area contributed by atoms with Crippen LogP contribution in [0, 0.1) is 5.82 Å². The van der Waals surface area contributed by atoms with Crippen LogP contribution >= 0.6 is 11.8 Å². The van der Waals surface area contributed by atoms with Crippen LogP contribution in [0.1, 0.15) is 10.4 Å². The number of anilines is 1. The molecule has 4 nitrogen and oxygen atoms in total. The van der Waals surface area contributed by atoms with E-state index in [1.165, 1.54) is 30.3 Å². The van der Waals surface area contributed by atoms with Gasteiger partial charge in [0.15, 0.2) is 0 Å². The highest BCUT2D eigenvalue weighted by molar-refractivity contribution is 8.00. The normalized spacial score (nSPS) is 10.1. The van der Waals surface area contributed by atoms with Gasteiger partial charge in [-0.25, -0.2) is 9.18 Å². The molecule has 0 aliphatic rings. The van der Waals surface area contributed by atoms with Gasteiger partial charge in [-0.2, -0.15) is 0 Å². The van der Waals surface area contributed by atoms with Gasteiger partial charge in [0, 0.05) is 10.6 Å². The van der Waals surface area contributed by atoms with Gasteiger partial charge in [-0.3, -0.25) is 4.79 Å². The Hall–Kier alpha value is -2.34. The number of amides is 1. The average molecular weight is 305 g/mol. The first kappa shape index (κ1) is 15.1. The van der Waals surface area contributed by atoms with Crippen molar-refractivity contribution in [2.24, 2.45) is 0 Å². The van der Waals surface area contributed by atoms with Gasteiger partial charge in [0.25, 0.3) is 0 Å². The summed E-state index contributed by atoms with van der Waals surface area (Å²) < 4.78 is 13.4. The number of aromatic carboxylic acids is 1. The molecule has 0 spiro atoms. The van der Waals surface area contributed by atoms with Crippen LogP contribution in [0.5, 0.6) is 0 Å². The largest absolute Gasteiger partial charge is 0.478 e. The Balaban J connectivity index is 1.90. The van der Waals surface area contributed by atoms with Crippen LogP contribution in [0.3, 0.4) is 0 Å². The van der Waals surface area contributed by atoms with Crippen molar-refractivity contribution in [2.75, 3.05) is 11.1 Å². The highest BCUT2D eigenvalue weighted by Crippen LogP contribution is 2.21. The minimum atomic E-state index is -1.03. The van der Waals surface area contributed by atoms with Crippen molar-refractivity contribution < 1.29 is 19.1 Å². The van der Waals surface area contributed by atoms with E-state index in [1.54, 1.807) is 18.2 Å². The number of benzene rings is 2. The number of carbonyl (C=O) groups excluding carboxylic acids is 1. The zero-order valence-electron chi connectivity index (χ0n) is 10.9. The van der Waals surface area contributed by atoms with Crippen molar-refractivity contribution >= 4 is 29.3 Å². The molecule has 0 saturated carbocycles. The number of carboxylic acid groups (broad SMARTS) is 1. The zero-order valence-corrected chi connectivity index (χ0v) is 11.7. The van der Waals surface area contributed by atoms with E-state index in [0.29, 0.717) is 10.6 Å². The van der Waals surface area contributed by atoms with Crippen molar-refractivity contribution in [1.29, 1.82) is 0 Å². The summed E-state index contributed by atoms with van der Waals surface area (Å²) >= 11 is 1.10. The first-order chi connectivity index (χ1) is 10.1. The first-order valence-corrected chi connectivity index (χ1v) is 7.05. The zero-order chi connectivity index (χ0) is 15.2. The average Bonchev–Trinajstić information content (AvgIpc) is 2.47. The van der Waals surface area contributed by atoms with Crippen LogP contribution in [0.15, 0.2) is 53.4 Å². The molecule has 0 aliphatic heterocycles. The van der Waals surface area contributed by atoms with E-state index in [0.717, 1.165) is 11.8 Å². The van der Waals surface area contributed by atoms with Gasteiger partial charge in [0.05, 0.1) is 11.3 Å². The second-order valence-corrected chi connectivity index (χ2v) is 5.17. The Morgan fingerprint density at radius 1 is 1.10 bits per heavy atom. The monoisotopic (exact) mass is 305 g/mol. The summed E-state index contributed by atoms with van der Waals surface area (Å²) in [6, 6.07) is 12.1. The standard InChI is InChI=1S/C15H12FNO3S/c16-12-3-1-2-4-13(12)21-9-14(18)17-11-7-5-10(6-8-11)15(19)20/h1-8H,9H2,(H,17,18)(H,19,20). The molecule has 0 atom stereocenters. The molecule has 2 aromatic carbocycles. The highest BCUT2D eigenvalue weighted by atomic mass is 32.2. The molecule has 0 unspecified atom stereocenters. The molecule has 6 heteroatoms. The third-order valence-corrected chi connectivity index (χ3v) is 3.66. The number of carboxylic acids is 1. The van der Waals surface area contributed by atoms with Gasteiger partial charge < -0.3 is 10.4 Å². The molecule has 2 N–H and O–H groups in total. The van der Waals surface area contributed by atoms with Gasteiger partial charge in [-0.15, -0.1) is 11.8 Å². The summed E-state index contributed by atoms with van der Waals surface area (Å²) in [6.07, 6.45) is 0. The van der Waals surface area contributed by atoms with Crippen molar-refractivity contribution in [3.05, 3.63) is 59.9 Å². The maximum absolute atomic E-state index is 13.4. The Morgan fingerprint density at radius 2 is 1.76 bits per heavy atom. The highest BCUT2D eigenvalue weighted by Gasteiger charge is 2.07. The third kappa shape index (κ3) is 4.32. The lowest BCUT2D eigenvalue weighted by molar-refractivity contribution is -0.113. The second-order valence-electron chi connectivity index (χ2n) is 4.15.